The number of anilines is 2. The number of benzene rings is 1. The quantitative estimate of drug-likeness (QED) is 0.553. The fourth-order valence-corrected chi connectivity index (χ4v) is 3.66. The molecule has 0 spiro atoms. The molecule has 1 aromatic carbocycles. The Morgan fingerprint density at radius 3 is 2.70 bits per heavy atom. The van der Waals surface area contributed by atoms with Gasteiger partial charge in [-0.1, -0.05) is 49.1 Å². The van der Waals surface area contributed by atoms with Crippen LogP contribution in [0.5, 0.6) is 0 Å². The summed E-state index contributed by atoms with van der Waals surface area (Å²) in [4.78, 5) is 24.0. The zero-order valence-electron chi connectivity index (χ0n) is 16.0. The lowest BCUT2D eigenvalue weighted by atomic mass is 10.1. The van der Waals surface area contributed by atoms with Crippen LogP contribution in [0.2, 0.25) is 0 Å². The molecule has 1 heterocycles. The Hall–Kier alpha value is -2.13. The fraction of sp³-hybridized carbons (Fsp3) is 0.444. The van der Waals surface area contributed by atoms with E-state index in [4.69, 9.17) is 0 Å². The Bertz CT molecular complexity index is 792. The van der Waals surface area contributed by atoms with Crippen molar-refractivity contribution in [2.45, 2.75) is 32.0 Å². The van der Waals surface area contributed by atoms with E-state index in [1.165, 1.54) is 23.1 Å². The van der Waals surface area contributed by atoms with Crippen molar-refractivity contribution in [3.63, 3.8) is 0 Å². The average Bonchev–Trinajstić information content (AvgIpc) is 3.08. The second-order valence-corrected chi connectivity index (χ2v) is 8.71. The van der Waals surface area contributed by atoms with E-state index >= 15 is 0 Å². The van der Waals surface area contributed by atoms with Gasteiger partial charge in [-0.25, -0.2) is 0 Å². The van der Waals surface area contributed by atoms with Crippen molar-refractivity contribution >= 4 is 45.7 Å². The molecule has 0 aliphatic rings. The van der Waals surface area contributed by atoms with Crippen molar-refractivity contribution in [3.8, 4) is 0 Å². The van der Waals surface area contributed by atoms with Gasteiger partial charge in [0.2, 0.25) is 16.9 Å². The summed E-state index contributed by atoms with van der Waals surface area (Å²) >= 11 is 2.72. The molecule has 2 amide bonds. The predicted octanol–water partition coefficient (Wildman–Crippen LogP) is 3.07. The number of hydrogen-bond donors (Lipinski definition) is 3. The maximum absolute atomic E-state index is 12.0. The SMILES string of the molecule is Cc1cccc(NC(=O)CNC(=O)CSc2nnc(NCC(C)C)s2)c1C. The van der Waals surface area contributed by atoms with Crippen molar-refractivity contribution in [1.82, 2.24) is 15.5 Å². The summed E-state index contributed by atoms with van der Waals surface area (Å²) in [6, 6.07) is 5.72. The molecule has 0 saturated heterocycles. The van der Waals surface area contributed by atoms with Crippen molar-refractivity contribution in [3.05, 3.63) is 29.3 Å². The largest absolute Gasteiger partial charge is 0.360 e. The van der Waals surface area contributed by atoms with Crippen LogP contribution in [0.4, 0.5) is 10.8 Å². The lowest BCUT2D eigenvalue weighted by Crippen LogP contribution is -2.34. The highest BCUT2D eigenvalue weighted by Crippen LogP contribution is 2.25. The molecule has 0 bridgehead atoms. The summed E-state index contributed by atoms with van der Waals surface area (Å²) in [6.45, 7) is 8.93. The minimum Gasteiger partial charge on any atom is -0.360 e. The Morgan fingerprint density at radius 2 is 1.96 bits per heavy atom. The number of rotatable bonds is 9. The zero-order valence-corrected chi connectivity index (χ0v) is 17.6. The number of nitrogens with zero attached hydrogens (tertiary/aromatic N) is 2. The van der Waals surface area contributed by atoms with Gasteiger partial charge in [0.05, 0.1) is 12.3 Å². The fourth-order valence-electron chi connectivity index (χ4n) is 2.07. The van der Waals surface area contributed by atoms with E-state index in [1.807, 2.05) is 32.0 Å². The van der Waals surface area contributed by atoms with E-state index < -0.39 is 0 Å². The molecule has 146 valence electrons. The Balaban J connectivity index is 1.71. The number of thioether (sulfide) groups is 1. The molecule has 0 aliphatic heterocycles. The molecule has 1 aromatic heterocycles. The predicted molar refractivity (Wildman–Crippen MR) is 112 cm³/mol. The number of carbonyl (C=O) groups is 2. The monoisotopic (exact) mass is 407 g/mol. The Morgan fingerprint density at radius 1 is 1.19 bits per heavy atom. The number of nitrogens with one attached hydrogen (secondary N) is 3. The third-order valence-corrected chi connectivity index (χ3v) is 5.73. The van der Waals surface area contributed by atoms with Crippen LogP contribution < -0.4 is 16.0 Å². The highest BCUT2D eigenvalue weighted by Gasteiger charge is 2.11. The van der Waals surface area contributed by atoms with Crippen molar-refractivity contribution in [1.29, 1.82) is 0 Å². The lowest BCUT2D eigenvalue weighted by molar-refractivity contribution is -0.122. The Labute approximate surface area is 167 Å². The van der Waals surface area contributed by atoms with E-state index in [2.05, 4.69) is 40.0 Å². The van der Waals surface area contributed by atoms with Crippen LogP contribution in [0, 0.1) is 19.8 Å². The van der Waals surface area contributed by atoms with Gasteiger partial charge in [-0.3, -0.25) is 9.59 Å². The van der Waals surface area contributed by atoms with Gasteiger partial charge in [0.15, 0.2) is 4.34 Å². The van der Waals surface area contributed by atoms with E-state index in [9.17, 15) is 9.59 Å². The minimum atomic E-state index is -0.252. The van der Waals surface area contributed by atoms with Gasteiger partial charge < -0.3 is 16.0 Å². The van der Waals surface area contributed by atoms with Gasteiger partial charge in [-0.2, -0.15) is 0 Å². The topological polar surface area (TPSA) is 96.0 Å². The van der Waals surface area contributed by atoms with Crippen molar-refractivity contribution in [2.24, 2.45) is 5.92 Å². The summed E-state index contributed by atoms with van der Waals surface area (Å²) in [5.41, 5.74) is 2.89. The summed E-state index contributed by atoms with van der Waals surface area (Å²) < 4.78 is 0.719. The molecule has 9 heteroatoms. The van der Waals surface area contributed by atoms with Gasteiger partial charge in [-0.05, 0) is 37.0 Å². The zero-order chi connectivity index (χ0) is 19.8. The number of aryl methyl sites for hydroxylation is 1. The van der Waals surface area contributed by atoms with Gasteiger partial charge in [0.25, 0.3) is 0 Å². The summed E-state index contributed by atoms with van der Waals surface area (Å²) in [7, 11) is 0. The van der Waals surface area contributed by atoms with Gasteiger partial charge >= 0.3 is 0 Å². The minimum absolute atomic E-state index is 0.0654. The lowest BCUT2D eigenvalue weighted by Gasteiger charge is -2.10. The molecular formula is C18H25N5O2S2. The number of aromatic nitrogens is 2. The number of carbonyl (C=O) groups excluding carboxylic acids is 2. The molecule has 2 rings (SSSR count). The van der Waals surface area contributed by atoms with E-state index in [-0.39, 0.29) is 24.1 Å². The second-order valence-electron chi connectivity index (χ2n) is 6.51. The van der Waals surface area contributed by atoms with E-state index in [0.29, 0.717) is 5.92 Å². The molecule has 0 fully saturated rings. The first-order chi connectivity index (χ1) is 12.8. The third kappa shape index (κ3) is 7.18. The van der Waals surface area contributed by atoms with Crippen LogP contribution in [0.1, 0.15) is 25.0 Å². The first kappa shape index (κ1) is 21.2. The first-order valence-electron chi connectivity index (χ1n) is 8.68. The molecule has 0 radical (unpaired) electrons. The first-order valence-corrected chi connectivity index (χ1v) is 10.5. The third-order valence-electron chi connectivity index (χ3n) is 3.72. The second kappa shape index (κ2) is 10.3. The molecule has 2 aromatic rings. The highest BCUT2D eigenvalue weighted by molar-refractivity contribution is 8.01. The molecule has 27 heavy (non-hydrogen) atoms. The number of amides is 2. The van der Waals surface area contributed by atoms with Gasteiger partial charge in [0, 0.05) is 12.2 Å². The molecular weight excluding hydrogens is 382 g/mol. The van der Waals surface area contributed by atoms with Crippen LogP contribution in [-0.2, 0) is 9.59 Å². The van der Waals surface area contributed by atoms with Gasteiger partial charge in [0.1, 0.15) is 0 Å². The van der Waals surface area contributed by atoms with Crippen LogP contribution >= 0.6 is 23.1 Å². The molecule has 0 unspecified atom stereocenters. The molecule has 0 atom stereocenters. The maximum Gasteiger partial charge on any atom is 0.243 e. The Kier molecular flexibility index (Phi) is 8.05. The smallest absolute Gasteiger partial charge is 0.243 e. The average molecular weight is 408 g/mol. The molecule has 7 nitrogen and oxygen atoms in total. The van der Waals surface area contributed by atoms with Crippen LogP contribution in [0.3, 0.4) is 0 Å². The molecule has 0 saturated carbocycles. The molecule has 0 aliphatic carbocycles. The van der Waals surface area contributed by atoms with Gasteiger partial charge in [-0.15, -0.1) is 10.2 Å². The standard InChI is InChI=1S/C18H25N5O2S2/c1-11(2)8-20-17-22-23-18(27-17)26-10-16(25)19-9-15(24)21-14-7-5-6-12(3)13(14)4/h5-7,11H,8-10H2,1-4H3,(H,19,25)(H,20,22)(H,21,24). The van der Waals surface area contributed by atoms with Crippen LogP contribution in [0.15, 0.2) is 22.5 Å². The highest BCUT2D eigenvalue weighted by atomic mass is 32.2. The maximum atomic E-state index is 12.0. The summed E-state index contributed by atoms with van der Waals surface area (Å²) in [5.74, 6) is 0.238. The summed E-state index contributed by atoms with van der Waals surface area (Å²) in [6.07, 6.45) is 0. The molecule has 3 N–H and O–H groups in total. The van der Waals surface area contributed by atoms with E-state index in [1.54, 1.807) is 0 Å². The van der Waals surface area contributed by atoms with Crippen molar-refractivity contribution in [2.75, 3.05) is 29.5 Å². The number of hydrogen-bond acceptors (Lipinski definition) is 7. The van der Waals surface area contributed by atoms with Crippen LogP contribution in [0.25, 0.3) is 0 Å². The van der Waals surface area contributed by atoms with Crippen molar-refractivity contribution < 1.29 is 9.59 Å². The summed E-state index contributed by atoms with van der Waals surface area (Å²) in [5, 5.41) is 17.5. The normalized spacial score (nSPS) is 10.7. The van der Waals surface area contributed by atoms with Crippen LogP contribution in [-0.4, -0.2) is 40.9 Å². The van der Waals surface area contributed by atoms with E-state index in [0.717, 1.165) is 32.8 Å².